The predicted octanol–water partition coefficient (Wildman–Crippen LogP) is 2.48. The molecule has 17 heavy (non-hydrogen) atoms. The van der Waals surface area contributed by atoms with Gasteiger partial charge in [-0.25, -0.2) is 0 Å². The Balaban J connectivity index is 2.37. The molecule has 5 heteroatoms. The van der Waals surface area contributed by atoms with Gasteiger partial charge in [0.2, 0.25) is 5.89 Å². The van der Waals surface area contributed by atoms with E-state index in [4.69, 9.17) is 10.3 Å². The van der Waals surface area contributed by atoms with Gasteiger partial charge in [-0.15, -0.1) is 0 Å². The average Bonchev–Trinajstić information content (AvgIpc) is 2.65. The Hall–Kier alpha value is -0.550. The third kappa shape index (κ3) is 5.55. The zero-order chi connectivity index (χ0) is 12.8. The van der Waals surface area contributed by atoms with E-state index >= 15 is 0 Å². The van der Waals surface area contributed by atoms with Crippen molar-refractivity contribution in [2.24, 2.45) is 17.6 Å². The van der Waals surface area contributed by atoms with Crippen LogP contribution in [0.1, 0.15) is 39.4 Å². The van der Waals surface area contributed by atoms with Crippen molar-refractivity contribution in [3.8, 4) is 0 Å². The zero-order valence-corrected chi connectivity index (χ0v) is 12.0. The SMILES string of the molecule is CC(C)CSCc1noc(CC(N)C(C)C)n1. The molecule has 0 aliphatic rings. The van der Waals surface area contributed by atoms with Crippen molar-refractivity contribution in [3.05, 3.63) is 11.7 Å². The molecular formula is C12H23N3OS. The Morgan fingerprint density at radius 2 is 2.00 bits per heavy atom. The van der Waals surface area contributed by atoms with E-state index in [1.165, 1.54) is 0 Å². The molecule has 4 nitrogen and oxygen atoms in total. The predicted molar refractivity (Wildman–Crippen MR) is 71.8 cm³/mol. The summed E-state index contributed by atoms with van der Waals surface area (Å²) in [5.74, 6) is 4.50. The van der Waals surface area contributed by atoms with Crippen LogP contribution in [0.3, 0.4) is 0 Å². The molecule has 0 fully saturated rings. The van der Waals surface area contributed by atoms with Gasteiger partial charge in [0.1, 0.15) is 0 Å². The number of nitrogens with zero attached hydrogens (tertiary/aromatic N) is 2. The van der Waals surface area contributed by atoms with Crippen LogP contribution in [0.4, 0.5) is 0 Å². The minimum Gasteiger partial charge on any atom is -0.339 e. The van der Waals surface area contributed by atoms with Crippen molar-refractivity contribution in [3.63, 3.8) is 0 Å². The summed E-state index contributed by atoms with van der Waals surface area (Å²) in [7, 11) is 0. The van der Waals surface area contributed by atoms with Gasteiger partial charge in [-0.1, -0.05) is 32.9 Å². The van der Waals surface area contributed by atoms with Crippen LogP contribution >= 0.6 is 11.8 Å². The largest absolute Gasteiger partial charge is 0.339 e. The summed E-state index contributed by atoms with van der Waals surface area (Å²) >= 11 is 1.84. The summed E-state index contributed by atoms with van der Waals surface area (Å²) in [5, 5.41) is 3.96. The van der Waals surface area contributed by atoms with E-state index < -0.39 is 0 Å². The van der Waals surface area contributed by atoms with Crippen molar-refractivity contribution in [2.45, 2.75) is 45.9 Å². The van der Waals surface area contributed by atoms with Crippen LogP contribution in [0, 0.1) is 11.8 Å². The van der Waals surface area contributed by atoms with Gasteiger partial charge in [0.05, 0.1) is 5.75 Å². The quantitative estimate of drug-likeness (QED) is 0.813. The van der Waals surface area contributed by atoms with Gasteiger partial charge in [-0.05, 0) is 17.6 Å². The van der Waals surface area contributed by atoms with Gasteiger partial charge in [-0.2, -0.15) is 16.7 Å². The van der Waals surface area contributed by atoms with Gasteiger partial charge in [0.25, 0.3) is 0 Å². The third-order valence-corrected chi connectivity index (χ3v) is 3.82. The highest BCUT2D eigenvalue weighted by Gasteiger charge is 2.13. The summed E-state index contributed by atoms with van der Waals surface area (Å²) in [6.45, 7) is 8.60. The molecule has 0 aromatic carbocycles. The summed E-state index contributed by atoms with van der Waals surface area (Å²) < 4.78 is 5.19. The second-order valence-corrected chi connectivity index (χ2v) is 6.16. The molecule has 1 aromatic heterocycles. The molecule has 0 aliphatic heterocycles. The number of rotatable bonds is 7. The molecule has 98 valence electrons. The number of hydrogen-bond donors (Lipinski definition) is 1. The Morgan fingerprint density at radius 3 is 2.59 bits per heavy atom. The monoisotopic (exact) mass is 257 g/mol. The fraction of sp³-hybridized carbons (Fsp3) is 0.833. The normalized spacial score (nSPS) is 13.6. The van der Waals surface area contributed by atoms with Crippen LogP contribution in [-0.4, -0.2) is 21.9 Å². The molecule has 0 spiro atoms. The van der Waals surface area contributed by atoms with Crippen molar-refractivity contribution >= 4 is 11.8 Å². The summed E-state index contributed by atoms with van der Waals surface area (Å²) in [6, 6.07) is 0.0895. The van der Waals surface area contributed by atoms with E-state index in [0.717, 1.165) is 17.3 Å². The maximum atomic E-state index is 5.96. The molecule has 0 saturated heterocycles. The fourth-order valence-electron chi connectivity index (χ4n) is 1.25. The number of aromatic nitrogens is 2. The van der Waals surface area contributed by atoms with E-state index in [9.17, 15) is 0 Å². The topological polar surface area (TPSA) is 64.9 Å². The van der Waals surface area contributed by atoms with Gasteiger partial charge >= 0.3 is 0 Å². The molecule has 0 aliphatic carbocycles. The van der Waals surface area contributed by atoms with Crippen molar-refractivity contribution < 1.29 is 4.52 Å². The van der Waals surface area contributed by atoms with Crippen LogP contribution in [0.2, 0.25) is 0 Å². The lowest BCUT2D eigenvalue weighted by Crippen LogP contribution is -2.28. The maximum Gasteiger partial charge on any atom is 0.228 e. The van der Waals surface area contributed by atoms with E-state index in [1.54, 1.807) is 0 Å². The second-order valence-electron chi connectivity index (χ2n) is 5.13. The van der Waals surface area contributed by atoms with Crippen LogP contribution in [0.25, 0.3) is 0 Å². The number of thioether (sulfide) groups is 1. The second kappa shape index (κ2) is 7.01. The molecule has 0 amide bonds. The average molecular weight is 257 g/mol. The van der Waals surface area contributed by atoms with Crippen molar-refractivity contribution in [1.82, 2.24) is 10.1 Å². The minimum absolute atomic E-state index is 0.0895. The van der Waals surface area contributed by atoms with Crippen LogP contribution in [0.5, 0.6) is 0 Å². The molecule has 0 bridgehead atoms. The first-order chi connectivity index (χ1) is 7.99. The first-order valence-corrected chi connectivity index (χ1v) is 7.29. The van der Waals surface area contributed by atoms with E-state index in [-0.39, 0.29) is 6.04 Å². The Bertz CT molecular complexity index is 325. The lowest BCUT2D eigenvalue weighted by molar-refractivity contribution is 0.350. The molecule has 1 atom stereocenters. The molecule has 1 unspecified atom stereocenters. The first-order valence-electron chi connectivity index (χ1n) is 6.13. The summed E-state index contributed by atoms with van der Waals surface area (Å²) in [6.07, 6.45) is 0.666. The van der Waals surface area contributed by atoms with Crippen LogP contribution < -0.4 is 5.73 Å². The lowest BCUT2D eigenvalue weighted by atomic mass is 10.0. The zero-order valence-electron chi connectivity index (χ0n) is 11.1. The summed E-state index contributed by atoms with van der Waals surface area (Å²) in [4.78, 5) is 4.35. The fourth-order valence-corrected chi connectivity index (χ4v) is 2.14. The number of hydrogen-bond acceptors (Lipinski definition) is 5. The molecule has 1 rings (SSSR count). The third-order valence-electron chi connectivity index (χ3n) is 2.46. The van der Waals surface area contributed by atoms with Gasteiger partial charge in [0, 0.05) is 12.5 Å². The number of nitrogens with two attached hydrogens (primary N) is 1. The Kier molecular flexibility index (Phi) is 5.98. The van der Waals surface area contributed by atoms with Crippen LogP contribution in [0.15, 0.2) is 4.52 Å². The molecule has 1 heterocycles. The molecular weight excluding hydrogens is 234 g/mol. The minimum atomic E-state index is 0.0895. The smallest absolute Gasteiger partial charge is 0.228 e. The van der Waals surface area contributed by atoms with Crippen molar-refractivity contribution in [1.29, 1.82) is 0 Å². The molecule has 2 N–H and O–H groups in total. The maximum absolute atomic E-state index is 5.96. The standard InChI is InChI=1S/C12H23N3OS/c1-8(2)6-17-7-11-14-12(16-15-11)5-10(13)9(3)4/h8-10H,5-7,13H2,1-4H3. The molecule has 0 saturated carbocycles. The van der Waals surface area contributed by atoms with E-state index in [1.807, 2.05) is 11.8 Å². The van der Waals surface area contributed by atoms with E-state index in [2.05, 4.69) is 37.8 Å². The van der Waals surface area contributed by atoms with E-state index in [0.29, 0.717) is 24.1 Å². The summed E-state index contributed by atoms with van der Waals surface area (Å²) in [5.41, 5.74) is 5.96. The van der Waals surface area contributed by atoms with Gasteiger partial charge in [-0.3, -0.25) is 0 Å². The molecule has 1 aromatic rings. The highest BCUT2D eigenvalue weighted by molar-refractivity contribution is 7.98. The van der Waals surface area contributed by atoms with Crippen molar-refractivity contribution in [2.75, 3.05) is 5.75 Å². The Labute approximate surface area is 108 Å². The first kappa shape index (κ1) is 14.5. The van der Waals surface area contributed by atoms with Gasteiger partial charge in [0.15, 0.2) is 5.82 Å². The molecule has 0 radical (unpaired) electrons. The van der Waals surface area contributed by atoms with Crippen LogP contribution in [-0.2, 0) is 12.2 Å². The Morgan fingerprint density at radius 1 is 1.29 bits per heavy atom. The van der Waals surface area contributed by atoms with Gasteiger partial charge < -0.3 is 10.3 Å². The highest BCUT2D eigenvalue weighted by atomic mass is 32.2. The lowest BCUT2D eigenvalue weighted by Gasteiger charge is -2.11. The highest BCUT2D eigenvalue weighted by Crippen LogP contribution is 2.14.